The van der Waals surface area contributed by atoms with Crippen LogP contribution in [-0.4, -0.2) is 28.9 Å². The minimum Gasteiger partial charge on any atom is -0.458 e. The van der Waals surface area contributed by atoms with E-state index in [1.807, 2.05) is 0 Å². The molecule has 1 aromatic heterocycles. The summed E-state index contributed by atoms with van der Waals surface area (Å²) in [6, 6.07) is 1.68. The molecule has 1 N–H and O–H groups in total. The second-order valence-corrected chi connectivity index (χ2v) is 5.87. The van der Waals surface area contributed by atoms with E-state index in [4.69, 9.17) is 14.2 Å². The minimum absolute atomic E-state index is 0.107. The monoisotopic (exact) mass is 307 g/mol. The molecule has 0 aliphatic carbocycles. The van der Waals surface area contributed by atoms with Crippen LogP contribution in [0.4, 0.5) is 0 Å². The predicted octanol–water partition coefficient (Wildman–Crippen LogP) is 0.106. The summed E-state index contributed by atoms with van der Waals surface area (Å²) in [5.74, 6) is -1.64. The molecule has 4 heterocycles. The maximum absolute atomic E-state index is 12.7. The quantitative estimate of drug-likeness (QED) is 0.741. The molecule has 7 nitrogen and oxygen atoms in total. The van der Waals surface area contributed by atoms with Crippen molar-refractivity contribution in [1.29, 1.82) is 0 Å². The topological polar surface area (TPSA) is 87.0 Å². The lowest BCUT2D eigenvalue weighted by molar-refractivity contribution is -0.173. The zero-order chi connectivity index (χ0) is 15.5. The summed E-state index contributed by atoms with van der Waals surface area (Å²) < 4.78 is 18.0. The molecule has 1 fully saturated rings. The SMILES string of the molecule is CCC1(O)C(=O)OCc2c1cc1n(c2=O)CCC12OCCO2. The minimum atomic E-state index is -1.79. The number of pyridine rings is 1. The summed E-state index contributed by atoms with van der Waals surface area (Å²) >= 11 is 0. The van der Waals surface area contributed by atoms with E-state index in [9.17, 15) is 14.7 Å². The lowest BCUT2D eigenvalue weighted by Gasteiger charge is -2.32. The number of aromatic nitrogens is 1. The normalized spacial score (nSPS) is 28.5. The third-order valence-electron chi connectivity index (χ3n) is 4.85. The van der Waals surface area contributed by atoms with Crippen LogP contribution in [0.25, 0.3) is 0 Å². The van der Waals surface area contributed by atoms with E-state index < -0.39 is 17.4 Å². The molecule has 0 amide bonds. The average Bonchev–Trinajstić information content (AvgIpc) is 3.13. The van der Waals surface area contributed by atoms with Crippen molar-refractivity contribution in [1.82, 2.24) is 4.57 Å². The van der Waals surface area contributed by atoms with Crippen LogP contribution >= 0.6 is 0 Å². The van der Waals surface area contributed by atoms with Gasteiger partial charge in [0.25, 0.3) is 5.56 Å². The summed E-state index contributed by atoms with van der Waals surface area (Å²) in [7, 11) is 0. The number of esters is 1. The Bertz CT molecular complexity index is 717. The highest BCUT2D eigenvalue weighted by Crippen LogP contribution is 2.42. The molecule has 1 atom stereocenters. The van der Waals surface area contributed by atoms with Gasteiger partial charge in [0.1, 0.15) is 6.61 Å². The zero-order valence-electron chi connectivity index (χ0n) is 12.3. The Morgan fingerprint density at radius 2 is 2.05 bits per heavy atom. The molecular weight excluding hydrogens is 290 g/mol. The molecule has 22 heavy (non-hydrogen) atoms. The second-order valence-electron chi connectivity index (χ2n) is 5.87. The van der Waals surface area contributed by atoms with Gasteiger partial charge in [-0.3, -0.25) is 4.79 Å². The Kier molecular flexibility index (Phi) is 2.79. The molecule has 0 aromatic carbocycles. The van der Waals surface area contributed by atoms with Crippen LogP contribution in [0, 0.1) is 0 Å². The Hall–Kier alpha value is -1.70. The predicted molar refractivity (Wildman–Crippen MR) is 72.9 cm³/mol. The van der Waals surface area contributed by atoms with Crippen molar-refractivity contribution in [2.75, 3.05) is 13.2 Å². The Balaban J connectivity index is 1.98. The van der Waals surface area contributed by atoms with Crippen LogP contribution in [0.3, 0.4) is 0 Å². The molecule has 0 radical (unpaired) electrons. The molecule has 1 spiro atoms. The van der Waals surface area contributed by atoms with E-state index >= 15 is 0 Å². The highest BCUT2D eigenvalue weighted by atomic mass is 16.7. The van der Waals surface area contributed by atoms with E-state index in [1.54, 1.807) is 17.6 Å². The Morgan fingerprint density at radius 3 is 2.73 bits per heavy atom. The van der Waals surface area contributed by atoms with E-state index in [0.29, 0.717) is 43.0 Å². The zero-order valence-corrected chi connectivity index (χ0v) is 12.3. The van der Waals surface area contributed by atoms with Gasteiger partial charge in [-0.2, -0.15) is 0 Å². The number of carbonyl (C=O) groups excluding carboxylic acids is 1. The fourth-order valence-corrected chi connectivity index (χ4v) is 3.57. The summed E-state index contributed by atoms with van der Waals surface area (Å²) in [5.41, 5.74) is -0.797. The highest BCUT2D eigenvalue weighted by Gasteiger charge is 2.50. The Morgan fingerprint density at radius 1 is 1.32 bits per heavy atom. The number of cyclic esters (lactones) is 1. The lowest BCUT2D eigenvalue weighted by atomic mass is 9.85. The maximum Gasteiger partial charge on any atom is 0.343 e. The van der Waals surface area contributed by atoms with E-state index in [2.05, 4.69) is 0 Å². The molecule has 0 saturated carbocycles. The van der Waals surface area contributed by atoms with Crippen molar-refractivity contribution < 1.29 is 24.1 Å². The van der Waals surface area contributed by atoms with Crippen LogP contribution < -0.4 is 5.56 Å². The van der Waals surface area contributed by atoms with Crippen LogP contribution in [-0.2, 0) is 43.5 Å². The van der Waals surface area contributed by atoms with Crippen molar-refractivity contribution in [3.63, 3.8) is 0 Å². The first-order valence-corrected chi connectivity index (χ1v) is 7.47. The first kappa shape index (κ1) is 13.9. The lowest BCUT2D eigenvalue weighted by Crippen LogP contribution is -2.45. The fraction of sp³-hybridized carbons (Fsp3) is 0.600. The van der Waals surface area contributed by atoms with E-state index in [1.165, 1.54) is 0 Å². The van der Waals surface area contributed by atoms with Crippen molar-refractivity contribution in [2.45, 2.75) is 44.3 Å². The molecule has 0 bridgehead atoms. The van der Waals surface area contributed by atoms with Gasteiger partial charge >= 0.3 is 5.97 Å². The van der Waals surface area contributed by atoms with Crippen molar-refractivity contribution in [3.05, 3.63) is 33.2 Å². The summed E-state index contributed by atoms with van der Waals surface area (Å²) in [5, 5.41) is 10.7. The Labute approximate surface area is 126 Å². The standard InChI is InChI=1S/C15H17NO6/c1-2-14(19)10-7-11-15(21-5-6-22-15)3-4-16(11)12(17)9(10)8-20-13(14)18/h7,19H,2-6,8H2,1H3. The summed E-state index contributed by atoms with van der Waals surface area (Å²) in [6.45, 7) is 2.99. The van der Waals surface area contributed by atoms with E-state index in [0.717, 1.165) is 0 Å². The molecule has 4 rings (SSSR count). The molecule has 1 aromatic rings. The number of ether oxygens (including phenoxy) is 3. The number of nitrogens with zero attached hydrogens (tertiary/aromatic N) is 1. The molecule has 3 aliphatic heterocycles. The van der Waals surface area contributed by atoms with Crippen LogP contribution in [0.5, 0.6) is 0 Å². The summed E-state index contributed by atoms with van der Waals surface area (Å²) in [4.78, 5) is 24.7. The largest absolute Gasteiger partial charge is 0.458 e. The first-order valence-electron chi connectivity index (χ1n) is 7.47. The molecule has 3 aliphatic rings. The first-order chi connectivity index (χ1) is 10.5. The number of carbonyl (C=O) groups is 1. The van der Waals surface area contributed by atoms with E-state index in [-0.39, 0.29) is 18.6 Å². The van der Waals surface area contributed by atoms with Crippen molar-refractivity contribution in [2.24, 2.45) is 0 Å². The number of fused-ring (bicyclic) bond motifs is 3. The molecule has 118 valence electrons. The molecular formula is C15H17NO6. The third-order valence-corrected chi connectivity index (χ3v) is 4.85. The number of hydrogen-bond acceptors (Lipinski definition) is 6. The van der Waals surface area contributed by atoms with Gasteiger partial charge in [0.2, 0.25) is 5.79 Å². The summed E-state index contributed by atoms with van der Waals surface area (Å²) in [6.07, 6.45) is 0.681. The van der Waals surface area contributed by atoms with Gasteiger partial charge in [0, 0.05) is 18.5 Å². The smallest absolute Gasteiger partial charge is 0.343 e. The number of hydrogen-bond donors (Lipinski definition) is 1. The molecule has 1 unspecified atom stereocenters. The average molecular weight is 307 g/mol. The highest BCUT2D eigenvalue weighted by molar-refractivity contribution is 5.83. The number of rotatable bonds is 1. The fourth-order valence-electron chi connectivity index (χ4n) is 3.57. The van der Waals surface area contributed by atoms with Crippen LogP contribution in [0.2, 0.25) is 0 Å². The van der Waals surface area contributed by atoms with Gasteiger partial charge in [-0.1, -0.05) is 6.92 Å². The molecule has 1 saturated heterocycles. The maximum atomic E-state index is 12.7. The van der Waals surface area contributed by atoms with Gasteiger partial charge in [0.05, 0.1) is 24.5 Å². The van der Waals surface area contributed by atoms with Gasteiger partial charge in [0.15, 0.2) is 5.60 Å². The molecule has 7 heteroatoms. The van der Waals surface area contributed by atoms with Crippen LogP contribution in [0.1, 0.15) is 36.6 Å². The number of aliphatic hydroxyl groups is 1. The van der Waals surface area contributed by atoms with Crippen molar-refractivity contribution >= 4 is 5.97 Å². The van der Waals surface area contributed by atoms with Crippen molar-refractivity contribution in [3.8, 4) is 0 Å². The second kappa shape index (κ2) is 4.41. The van der Waals surface area contributed by atoms with Gasteiger partial charge < -0.3 is 23.9 Å². The third kappa shape index (κ3) is 1.56. The van der Waals surface area contributed by atoms with Gasteiger partial charge in [-0.05, 0) is 12.5 Å². The van der Waals surface area contributed by atoms with Gasteiger partial charge in [-0.25, -0.2) is 4.79 Å². The van der Waals surface area contributed by atoms with Gasteiger partial charge in [-0.15, -0.1) is 0 Å². The van der Waals surface area contributed by atoms with Crippen LogP contribution in [0.15, 0.2) is 10.9 Å².